The van der Waals surface area contributed by atoms with Crippen molar-refractivity contribution in [3.8, 4) is 0 Å². The van der Waals surface area contributed by atoms with Crippen LogP contribution in [0.4, 0.5) is 0 Å². The van der Waals surface area contributed by atoms with E-state index in [1.165, 1.54) is 13.0 Å². The lowest BCUT2D eigenvalue weighted by Gasteiger charge is -2.02. The van der Waals surface area contributed by atoms with Crippen molar-refractivity contribution in [3.05, 3.63) is 0 Å². The highest BCUT2D eigenvalue weighted by atomic mass is 14.9. The molecule has 0 aromatic rings. The zero-order valence-corrected chi connectivity index (χ0v) is 6.70. The topological polar surface area (TPSA) is 12.0 Å². The van der Waals surface area contributed by atoms with Crippen LogP contribution in [-0.4, -0.2) is 13.1 Å². The molecule has 1 aliphatic carbocycles. The quantitative estimate of drug-likeness (QED) is 0.607. The number of hydrogen-bond donors (Lipinski definition) is 1. The van der Waals surface area contributed by atoms with E-state index in [0.29, 0.717) is 5.41 Å². The summed E-state index contributed by atoms with van der Waals surface area (Å²) >= 11 is 0. The normalized spacial score (nSPS) is 30.3. The van der Waals surface area contributed by atoms with Crippen molar-refractivity contribution in [2.24, 2.45) is 11.3 Å². The van der Waals surface area contributed by atoms with Gasteiger partial charge in [-0.2, -0.15) is 0 Å². The van der Waals surface area contributed by atoms with Gasteiger partial charge in [0.25, 0.3) is 0 Å². The highest BCUT2D eigenvalue weighted by molar-refractivity contribution is 4.95. The summed E-state index contributed by atoms with van der Waals surface area (Å²) in [4.78, 5) is 0. The van der Waals surface area contributed by atoms with Gasteiger partial charge in [0.05, 0.1) is 0 Å². The Kier molecular flexibility index (Phi) is 1.80. The van der Waals surface area contributed by atoms with Gasteiger partial charge in [0.1, 0.15) is 0 Å². The molecule has 1 aliphatic rings. The molecular formula is C8H17N. The van der Waals surface area contributed by atoms with Crippen LogP contribution in [-0.2, 0) is 0 Å². The molecule has 1 atom stereocenters. The molecular weight excluding hydrogens is 110 g/mol. The molecule has 1 N–H and O–H groups in total. The Labute approximate surface area is 57.8 Å². The summed E-state index contributed by atoms with van der Waals surface area (Å²) in [6.07, 6.45) is 1.42. The molecule has 0 spiro atoms. The molecule has 0 saturated heterocycles. The van der Waals surface area contributed by atoms with Gasteiger partial charge in [0.2, 0.25) is 0 Å². The Balaban J connectivity index is 2.06. The van der Waals surface area contributed by atoms with Crippen molar-refractivity contribution in [2.45, 2.75) is 27.2 Å². The molecule has 1 unspecified atom stereocenters. The summed E-state index contributed by atoms with van der Waals surface area (Å²) < 4.78 is 0. The van der Waals surface area contributed by atoms with E-state index >= 15 is 0 Å². The molecule has 0 aromatic carbocycles. The molecule has 1 saturated carbocycles. The van der Waals surface area contributed by atoms with Crippen LogP contribution in [0, 0.1) is 11.3 Å². The Bertz CT molecular complexity index is 96.7. The zero-order valence-electron chi connectivity index (χ0n) is 6.70. The van der Waals surface area contributed by atoms with Gasteiger partial charge >= 0.3 is 0 Å². The van der Waals surface area contributed by atoms with E-state index < -0.39 is 0 Å². The molecule has 9 heavy (non-hydrogen) atoms. The fourth-order valence-electron chi connectivity index (χ4n) is 1.24. The second kappa shape index (κ2) is 2.30. The van der Waals surface area contributed by atoms with Crippen molar-refractivity contribution >= 4 is 0 Å². The van der Waals surface area contributed by atoms with E-state index in [1.807, 2.05) is 0 Å². The molecule has 0 bridgehead atoms. The first-order valence-corrected chi connectivity index (χ1v) is 3.87. The third-order valence-corrected chi connectivity index (χ3v) is 2.36. The molecule has 0 aliphatic heterocycles. The minimum Gasteiger partial charge on any atom is -0.317 e. The minimum absolute atomic E-state index is 0.655. The largest absolute Gasteiger partial charge is 0.317 e. The van der Waals surface area contributed by atoms with E-state index in [-0.39, 0.29) is 0 Å². The van der Waals surface area contributed by atoms with Gasteiger partial charge in [-0.25, -0.2) is 0 Å². The first-order valence-electron chi connectivity index (χ1n) is 3.87. The Hall–Kier alpha value is -0.0400. The van der Waals surface area contributed by atoms with Crippen LogP contribution in [0.5, 0.6) is 0 Å². The van der Waals surface area contributed by atoms with Gasteiger partial charge in [0, 0.05) is 0 Å². The second-order valence-corrected chi connectivity index (χ2v) is 3.70. The molecule has 0 aromatic heterocycles. The van der Waals surface area contributed by atoms with E-state index in [0.717, 1.165) is 12.5 Å². The first-order chi connectivity index (χ1) is 4.17. The molecule has 0 amide bonds. The third-order valence-electron chi connectivity index (χ3n) is 2.36. The van der Waals surface area contributed by atoms with E-state index in [1.54, 1.807) is 0 Å². The third kappa shape index (κ3) is 1.68. The monoisotopic (exact) mass is 127 g/mol. The van der Waals surface area contributed by atoms with Gasteiger partial charge in [-0.15, -0.1) is 0 Å². The van der Waals surface area contributed by atoms with Crippen molar-refractivity contribution in [3.63, 3.8) is 0 Å². The van der Waals surface area contributed by atoms with Crippen molar-refractivity contribution < 1.29 is 0 Å². The fourth-order valence-corrected chi connectivity index (χ4v) is 1.24. The summed E-state index contributed by atoms with van der Waals surface area (Å²) in [5.41, 5.74) is 0.655. The number of hydrogen-bond acceptors (Lipinski definition) is 1. The Morgan fingerprint density at radius 3 is 2.44 bits per heavy atom. The van der Waals surface area contributed by atoms with Crippen LogP contribution in [0.1, 0.15) is 27.2 Å². The SMILES string of the molecule is CCNCC1CC1(C)C. The summed E-state index contributed by atoms with van der Waals surface area (Å²) in [5, 5.41) is 3.37. The fraction of sp³-hybridized carbons (Fsp3) is 1.00. The van der Waals surface area contributed by atoms with E-state index in [2.05, 4.69) is 26.1 Å². The molecule has 0 heterocycles. The van der Waals surface area contributed by atoms with Crippen LogP contribution in [0.25, 0.3) is 0 Å². The average Bonchev–Trinajstić information content (AvgIpc) is 2.35. The smallest absolute Gasteiger partial charge is 0.00153 e. The van der Waals surface area contributed by atoms with E-state index in [9.17, 15) is 0 Å². The number of nitrogens with one attached hydrogen (secondary N) is 1. The van der Waals surface area contributed by atoms with Crippen molar-refractivity contribution in [2.75, 3.05) is 13.1 Å². The lowest BCUT2D eigenvalue weighted by molar-refractivity contribution is 0.527. The summed E-state index contributed by atoms with van der Waals surface area (Å²) in [6.45, 7) is 9.19. The molecule has 0 radical (unpaired) electrons. The molecule has 54 valence electrons. The molecule has 1 fully saturated rings. The standard InChI is InChI=1S/C8H17N/c1-4-9-6-7-5-8(7,2)3/h7,9H,4-6H2,1-3H3. The highest BCUT2D eigenvalue weighted by Crippen LogP contribution is 2.50. The first kappa shape index (κ1) is 7.07. The summed E-state index contributed by atoms with van der Waals surface area (Å²) in [7, 11) is 0. The van der Waals surface area contributed by atoms with Crippen LogP contribution >= 0.6 is 0 Å². The highest BCUT2D eigenvalue weighted by Gasteiger charge is 2.44. The van der Waals surface area contributed by atoms with Gasteiger partial charge in [-0.1, -0.05) is 20.8 Å². The van der Waals surface area contributed by atoms with E-state index in [4.69, 9.17) is 0 Å². The lowest BCUT2D eigenvalue weighted by atomic mass is 10.1. The van der Waals surface area contributed by atoms with Crippen LogP contribution < -0.4 is 5.32 Å². The molecule has 1 heteroatoms. The maximum Gasteiger partial charge on any atom is -0.00153 e. The number of rotatable bonds is 3. The van der Waals surface area contributed by atoms with Crippen LogP contribution in [0.15, 0.2) is 0 Å². The van der Waals surface area contributed by atoms with Crippen molar-refractivity contribution in [1.29, 1.82) is 0 Å². The summed E-state index contributed by atoms with van der Waals surface area (Å²) in [5.74, 6) is 0.956. The maximum absolute atomic E-state index is 3.37. The molecule has 1 rings (SSSR count). The van der Waals surface area contributed by atoms with Crippen LogP contribution in [0.3, 0.4) is 0 Å². The molecule has 1 nitrogen and oxygen atoms in total. The van der Waals surface area contributed by atoms with Crippen LogP contribution in [0.2, 0.25) is 0 Å². The lowest BCUT2D eigenvalue weighted by Crippen LogP contribution is -2.17. The second-order valence-electron chi connectivity index (χ2n) is 3.70. The van der Waals surface area contributed by atoms with Gasteiger partial charge in [0.15, 0.2) is 0 Å². The maximum atomic E-state index is 3.37. The predicted molar refractivity (Wildman–Crippen MR) is 40.4 cm³/mol. The minimum atomic E-state index is 0.655. The van der Waals surface area contributed by atoms with Gasteiger partial charge in [-0.3, -0.25) is 0 Å². The van der Waals surface area contributed by atoms with Gasteiger partial charge in [-0.05, 0) is 30.8 Å². The summed E-state index contributed by atoms with van der Waals surface area (Å²) in [6, 6.07) is 0. The predicted octanol–water partition coefficient (Wildman–Crippen LogP) is 1.64. The Morgan fingerprint density at radius 1 is 1.56 bits per heavy atom. The van der Waals surface area contributed by atoms with Gasteiger partial charge < -0.3 is 5.32 Å². The average molecular weight is 127 g/mol. The van der Waals surface area contributed by atoms with Crippen molar-refractivity contribution in [1.82, 2.24) is 5.32 Å². The Morgan fingerprint density at radius 2 is 2.11 bits per heavy atom. The zero-order chi connectivity index (χ0) is 6.91.